The first-order valence-electron chi connectivity index (χ1n) is 7.54. The number of nitriles is 1. The van der Waals surface area contributed by atoms with Gasteiger partial charge in [0.15, 0.2) is 0 Å². The minimum atomic E-state index is -4.35. The van der Waals surface area contributed by atoms with E-state index in [0.29, 0.717) is 16.8 Å². The van der Waals surface area contributed by atoms with Crippen LogP contribution in [0.25, 0.3) is 22.4 Å². The molecule has 0 aliphatic carbocycles. The first-order chi connectivity index (χ1) is 11.9. The lowest BCUT2D eigenvalue weighted by atomic mass is 10.0. The smallest absolute Gasteiger partial charge is 0.253 e. The SMILES string of the molecule is Cc1cc(-c2ccc(C(F)(F)F)cc2)cc(-c2cccc(C#N)c2)n1. The van der Waals surface area contributed by atoms with Crippen LogP contribution < -0.4 is 0 Å². The van der Waals surface area contributed by atoms with E-state index in [1.165, 1.54) is 12.1 Å². The van der Waals surface area contributed by atoms with Gasteiger partial charge in [0, 0.05) is 11.3 Å². The number of hydrogen-bond donors (Lipinski definition) is 0. The van der Waals surface area contributed by atoms with E-state index < -0.39 is 11.7 Å². The van der Waals surface area contributed by atoms with E-state index >= 15 is 0 Å². The van der Waals surface area contributed by atoms with Gasteiger partial charge < -0.3 is 0 Å². The number of halogens is 3. The van der Waals surface area contributed by atoms with Crippen LogP contribution in [0.5, 0.6) is 0 Å². The zero-order valence-corrected chi connectivity index (χ0v) is 13.3. The molecule has 0 aliphatic rings. The summed E-state index contributed by atoms with van der Waals surface area (Å²) in [6.07, 6.45) is -4.35. The highest BCUT2D eigenvalue weighted by Gasteiger charge is 2.29. The molecule has 0 radical (unpaired) electrons. The van der Waals surface area contributed by atoms with Crippen LogP contribution in [-0.4, -0.2) is 4.98 Å². The molecule has 0 bridgehead atoms. The minimum absolute atomic E-state index is 0.525. The summed E-state index contributed by atoms with van der Waals surface area (Å²) < 4.78 is 38.1. The molecule has 3 rings (SSSR count). The highest BCUT2D eigenvalue weighted by atomic mass is 19.4. The summed E-state index contributed by atoms with van der Waals surface area (Å²) in [5.74, 6) is 0. The molecule has 25 heavy (non-hydrogen) atoms. The highest BCUT2D eigenvalue weighted by molar-refractivity contribution is 5.71. The summed E-state index contributed by atoms with van der Waals surface area (Å²) in [5.41, 5.74) is 3.51. The molecule has 0 amide bonds. The Morgan fingerprint density at radius 1 is 0.880 bits per heavy atom. The first-order valence-corrected chi connectivity index (χ1v) is 7.54. The molecule has 0 unspecified atom stereocenters. The predicted molar refractivity (Wildman–Crippen MR) is 89.6 cm³/mol. The molecule has 2 nitrogen and oxygen atoms in total. The summed E-state index contributed by atoms with van der Waals surface area (Å²) >= 11 is 0. The summed E-state index contributed by atoms with van der Waals surface area (Å²) in [4.78, 5) is 4.47. The second-order valence-corrected chi connectivity index (χ2v) is 5.65. The van der Waals surface area contributed by atoms with Crippen LogP contribution in [0.15, 0.2) is 60.7 Å². The van der Waals surface area contributed by atoms with Crippen molar-refractivity contribution in [2.24, 2.45) is 0 Å². The van der Waals surface area contributed by atoms with Gasteiger partial charge in [0.1, 0.15) is 0 Å². The number of rotatable bonds is 2. The second-order valence-electron chi connectivity index (χ2n) is 5.65. The number of aryl methyl sites for hydroxylation is 1. The molecule has 1 aromatic heterocycles. The maximum absolute atomic E-state index is 12.7. The van der Waals surface area contributed by atoms with Crippen molar-refractivity contribution in [2.45, 2.75) is 13.1 Å². The van der Waals surface area contributed by atoms with E-state index in [0.717, 1.165) is 29.0 Å². The summed E-state index contributed by atoms with van der Waals surface area (Å²) in [6.45, 7) is 1.82. The predicted octanol–water partition coefficient (Wildman–Crippen LogP) is 5.61. The number of aromatic nitrogens is 1. The van der Waals surface area contributed by atoms with Gasteiger partial charge in [-0.3, -0.25) is 4.98 Å². The van der Waals surface area contributed by atoms with Crippen LogP contribution in [-0.2, 0) is 6.18 Å². The van der Waals surface area contributed by atoms with E-state index in [1.807, 2.05) is 25.1 Å². The van der Waals surface area contributed by atoms with Crippen molar-refractivity contribution in [1.29, 1.82) is 5.26 Å². The van der Waals surface area contributed by atoms with E-state index in [9.17, 15) is 13.2 Å². The van der Waals surface area contributed by atoms with Crippen molar-refractivity contribution >= 4 is 0 Å². The topological polar surface area (TPSA) is 36.7 Å². The monoisotopic (exact) mass is 338 g/mol. The third-order valence-electron chi connectivity index (χ3n) is 3.79. The van der Waals surface area contributed by atoms with Crippen molar-refractivity contribution in [3.05, 3.63) is 77.5 Å². The molecule has 0 saturated heterocycles. The van der Waals surface area contributed by atoms with Gasteiger partial charge in [-0.15, -0.1) is 0 Å². The number of nitrogens with zero attached hydrogens (tertiary/aromatic N) is 2. The standard InChI is InChI=1S/C20H13F3N2/c1-13-9-17(15-5-7-18(8-6-15)20(21,22)23)11-19(25-13)16-4-2-3-14(10-16)12-24/h2-11H,1H3. The van der Waals surface area contributed by atoms with Crippen LogP contribution in [0.2, 0.25) is 0 Å². The van der Waals surface area contributed by atoms with E-state index in [1.54, 1.807) is 18.2 Å². The lowest BCUT2D eigenvalue weighted by Crippen LogP contribution is -2.04. The van der Waals surface area contributed by atoms with Gasteiger partial charge in [0.25, 0.3) is 0 Å². The molecule has 0 atom stereocenters. The molecule has 0 N–H and O–H groups in total. The van der Waals surface area contributed by atoms with Crippen LogP contribution in [0, 0.1) is 18.3 Å². The quantitative estimate of drug-likeness (QED) is 0.608. The normalized spacial score (nSPS) is 11.2. The van der Waals surface area contributed by atoms with Gasteiger partial charge in [0.05, 0.1) is 22.9 Å². The zero-order chi connectivity index (χ0) is 18.0. The number of benzene rings is 2. The molecule has 0 saturated carbocycles. The Bertz CT molecular complexity index is 952. The number of alkyl halides is 3. The zero-order valence-electron chi connectivity index (χ0n) is 13.3. The van der Waals surface area contributed by atoms with E-state index in [4.69, 9.17) is 5.26 Å². The molecule has 3 aromatic rings. The minimum Gasteiger partial charge on any atom is -0.253 e. The maximum atomic E-state index is 12.7. The van der Waals surface area contributed by atoms with Gasteiger partial charge in [0.2, 0.25) is 0 Å². The van der Waals surface area contributed by atoms with Crippen molar-refractivity contribution < 1.29 is 13.2 Å². The molecular weight excluding hydrogens is 325 g/mol. The fraction of sp³-hybridized carbons (Fsp3) is 0.100. The molecule has 1 heterocycles. The van der Waals surface area contributed by atoms with Crippen molar-refractivity contribution in [1.82, 2.24) is 4.98 Å². The number of pyridine rings is 1. The highest BCUT2D eigenvalue weighted by Crippen LogP contribution is 2.32. The van der Waals surface area contributed by atoms with Gasteiger partial charge in [-0.1, -0.05) is 24.3 Å². The molecular formula is C20H13F3N2. The Hall–Kier alpha value is -3.13. The van der Waals surface area contributed by atoms with E-state index in [-0.39, 0.29) is 0 Å². The van der Waals surface area contributed by atoms with Crippen LogP contribution in [0.1, 0.15) is 16.8 Å². The van der Waals surface area contributed by atoms with Crippen molar-refractivity contribution in [2.75, 3.05) is 0 Å². The Labute approximate surface area is 143 Å². The Balaban J connectivity index is 2.04. The van der Waals surface area contributed by atoms with Gasteiger partial charge in [-0.2, -0.15) is 18.4 Å². The third-order valence-corrected chi connectivity index (χ3v) is 3.79. The summed E-state index contributed by atoms with van der Waals surface area (Å²) in [7, 11) is 0. The Morgan fingerprint density at radius 2 is 1.60 bits per heavy atom. The summed E-state index contributed by atoms with van der Waals surface area (Å²) in [5, 5.41) is 9.03. The van der Waals surface area contributed by atoms with Gasteiger partial charge in [-0.25, -0.2) is 0 Å². The lowest BCUT2D eigenvalue weighted by molar-refractivity contribution is -0.137. The van der Waals surface area contributed by atoms with Crippen LogP contribution in [0.3, 0.4) is 0 Å². The molecule has 0 spiro atoms. The van der Waals surface area contributed by atoms with Crippen LogP contribution >= 0.6 is 0 Å². The maximum Gasteiger partial charge on any atom is 0.416 e. The average molecular weight is 338 g/mol. The number of hydrogen-bond acceptors (Lipinski definition) is 2. The average Bonchev–Trinajstić information content (AvgIpc) is 2.60. The van der Waals surface area contributed by atoms with Gasteiger partial charge >= 0.3 is 6.18 Å². The fourth-order valence-corrected chi connectivity index (χ4v) is 2.58. The molecule has 0 aliphatic heterocycles. The molecule has 124 valence electrons. The van der Waals surface area contributed by atoms with Crippen molar-refractivity contribution in [3.8, 4) is 28.5 Å². The van der Waals surface area contributed by atoms with E-state index in [2.05, 4.69) is 11.1 Å². The Morgan fingerprint density at radius 3 is 2.24 bits per heavy atom. The van der Waals surface area contributed by atoms with Crippen LogP contribution in [0.4, 0.5) is 13.2 Å². The first kappa shape index (κ1) is 16.7. The molecule has 0 fully saturated rings. The van der Waals surface area contributed by atoms with Gasteiger partial charge in [-0.05, 0) is 54.4 Å². The van der Waals surface area contributed by atoms with Crippen molar-refractivity contribution in [3.63, 3.8) is 0 Å². The summed E-state index contributed by atoms with van der Waals surface area (Å²) in [6, 6.07) is 17.8. The second kappa shape index (κ2) is 6.40. The third kappa shape index (κ3) is 3.69. The Kier molecular flexibility index (Phi) is 4.28. The lowest BCUT2D eigenvalue weighted by Gasteiger charge is -2.10. The fourth-order valence-electron chi connectivity index (χ4n) is 2.58. The molecule has 2 aromatic carbocycles. The largest absolute Gasteiger partial charge is 0.416 e. The molecule has 5 heteroatoms.